The summed E-state index contributed by atoms with van der Waals surface area (Å²) in [6.45, 7) is 6.21. The summed E-state index contributed by atoms with van der Waals surface area (Å²) >= 11 is 0. The van der Waals surface area contributed by atoms with Gasteiger partial charge in [-0.15, -0.1) is 0 Å². The van der Waals surface area contributed by atoms with Gasteiger partial charge >= 0.3 is 0 Å². The molecule has 0 aromatic heterocycles. The van der Waals surface area contributed by atoms with Crippen LogP contribution in [-0.2, 0) is 0 Å². The molecule has 0 aromatic rings. The Morgan fingerprint density at radius 1 is 1.29 bits per heavy atom. The number of hydrogen-bond acceptors (Lipinski definition) is 3. The predicted octanol–water partition coefficient (Wildman–Crippen LogP) is 1.30. The van der Waals surface area contributed by atoms with E-state index in [2.05, 4.69) is 29.1 Å². The van der Waals surface area contributed by atoms with Crippen LogP contribution in [-0.4, -0.2) is 60.6 Å². The van der Waals surface area contributed by atoms with Gasteiger partial charge in [-0.2, -0.15) is 0 Å². The average molecular weight is 237 g/mol. The first kappa shape index (κ1) is 11.9. The van der Waals surface area contributed by atoms with E-state index in [0.29, 0.717) is 0 Å². The maximum Gasteiger partial charge on any atom is 0.0235 e. The lowest BCUT2D eigenvalue weighted by Gasteiger charge is -2.27. The zero-order valence-electron chi connectivity index (χ0n) is 11.4. The van der Waals surface area contributed by atoms with Crippen molar-refractivity contribution >= 4 is 0 Å². The van der Waals surface area contributed by atoms with E-state index in [9.17, 15) is 0 Å². The molecule has 98 valence electrons. The molecule has 0 aromatic carbocycles. The third-order valence-corrected chi connectivity index (χ3v) is 4.91. The van der Waals surface area contributed by atoms with Crippen molar-refractivity contribution in [3.05, 3.63) is 0 Å². The van der Waals surface area contributed by atoms with E-state index in [-0.39, 0.29) is 0 Å². The second-order valence-electron chi connectivity index (χ2n) is 6.40. The Balaban J connectivity index is 1.50. The van der Waals surface area contributed by atoms with Crippen LogP contribution in [0.3, 0.4) is 0 Å². The maximum absolute atomic E-state index is 3.61. The normalized spacial score (nSPS) is 39.4. The number of hydrogen-bond donors (Lipinski definition) is 1. The molecular weight excluding hydrogens is 210 g/mol. The van der Waals surface area contributed by atoms with Crippen molar-refractivity contribution in [3.8, 4) is 0 Å². The van der Waals surface area contributed by atoms with E-state index >= 15 is 0 Å². The summed E-state index contributed by atoms with van der Waals surface area (Å²) in [5.74, 6) is 0. The molecule has 0 bridgehead atoms. The molecule has 0 radical (unpaired) electrons. The quantitative estimate of drug-likeness (QED) is 0.795. The Hall–Kier alpha value is -0.120. The first-order chi connectivity index (χ1) is 8.24. The highest BCUT2D eigenvalue weighted by Gasteiger charge is 2.40. The van der Waals surface area contributed by atoms with E-state index in [0.717, 1.165) is 24.2 Å². The van der Waals surface area contributed by atoms with Crippen molar-refractivity contribution < 1.29 is 0 Å². The van der Waals surface area contributed by atoms with Crippen molar-refractivity contribution in [3.63, 3.8) is 0 Å². The van der Waals surface area contributed by atoms with E-state index in [1.807, 2.05) is 0 Å². The molecule has 3 fully saturated rings. The lowest BCUT2D eigenvalue weighted by atomic mass is 10.1. The third-order valence-electron chi connectivity index (χ3n) is 4.91. The number of likely N-dealkylation sites (tertiary alicyclic amines) is 1. The van der Waals surface area contributed by atoms with Crippen LogP contribution in [0, 0.1) is 0 Å². The standard InChI is InChI=1S/C14H27N3/c1-11-8-14(10-17(11)13-5-6-13)16(2)9-12-4-3-7-15-12/h11-15H,3-10H2,1-2H3. The van der Waals surface area contributed by atoms with E-state index in [4.69, 9.17) is 0 Å². The minimum atomic E-state index is 0.755. The Bertz CT molecular complexity index is 258. The molecule has 0 spiro atoms. The van der Waals surface area contributed by atoms with Gasteiger partial charge in [0.05, 0.1) is 0 Å². The maximum atomic E-state index is 3.61. The van der Waals surface area contributed by atoms with Crippen molar-refractivity contribution in [2.45, 2.75) is 63.2 Å². The van der Waals surface area contributed by atoms with Crippen LogP contribution in [0.2, 0.25) is 0 Å². The Labute approximate surface area is 106 Å². The molecule has 2 saturated heterocycles. The fourth-order valence-electron chi connectivity index (χ4n) is 3.67. The van der Waals surface area contributed by atoms with Crippen molar-refractivity contribution in [1.29, 1.82) is 0 Å². The molecule has 2 heterocycles. The first-order valence-electron chi connectivity index (χ1n) is 7.43. The minimum Gasteiger partial charge on any atom is -0.313 e. The smallest absolute Gasteiger partial charge is 0.0235 e. The molecule has 3 heteroatoms. The zero-order chi connectivity index (χ0) is 11.8. The van der Waals surface area contributed by atoms with Crippen LogP contribution >= 0.6 is 0 Å². The van der Waals surface area contributed by atoms with Gasteiger partial charge in [0, 0.05) is 37.3 Å². The summed E-state index contributed by atoms with van der Waals surface area (Å²) in [5, 5.41) is 3.61. The molecule has 0 amide bonds. The van der Waals surface area contributed by atoms with Crippen LogP contribution in [0.15, 0.2) is 0 Å². The SMILES string of the molecule is CC1CC(N(C)CC2CCCN2)CN1C1CC1. The number of nitrogens with zero attached hydrogens (tertiary/aromatic N) is 2. The second-order valence-corrected chi connectivity index (χ2v) is 6.40. The summed E-state index contributed by atoms with van der Waals surface area (Å²) in [5.41, 5.74) is 0. The highest BCUT2D eigenvalue weighted by Crippen LogP contribution is 2.34. The summed E-state index contributed by atoms with van der Waals surface area (Å²) in [6.07, 6.45) is 7.02. The second kappa shape index (κ2) is 4.87. The van der Waals surface area contributed by atoms with Crippen LogP contribution < -0.4 is 5.32 Å². The Morgan fingerprint density at radius 2 is 2.12 bits per heavy atom. The fraction of sp³-hybridized carbons (Fsp3) is 1.00. The van der Waals surface area contributed by atoms with Crippen LogP contribution in [0.1, 0.15) is 39.0 Å². The van der Waals surface area contributed by atoms with Gasteiger partial charge < -0.3 is 10.2 Å². The van der Waals surface area contributed by atoms with E-state index < -0.39 is 0 Å². The molecule has 3 nitrogen and oxygen atoms in total. The van der Waals surface area contributed by atoms with Gasteiger partial charge in [-0.1, -0.05) is 0 Å². The zero-order valence-corrected chi connectivity index (χ0v) is 11.4. The molecule has 1 N–H and O–H groups in total. The monoisotopic (exact) mass is 237 g/mol. The topological polar surface area (TPSA) is 18.5 Å². The summed E-state index contributed by atoms with van der Waals surface area (Å²) < 4.78 is 0. The third kappa shape index (κ3) is 2.67. The molecule has 3 unspecified atom stereocenters. The average Bonchev–Trinajstić information content (AvgIpc) is 2.87. The van der Waals surface area contributed by atoms with Crippen LogP contribution in [0.4, 0.5) is 0 Å². The summed E-state index contributed by atoms with van der Waals surface area (Å²) in [4.78, 5) is 5.37. The summed E-state index contributed by atoms with van der Waals surface area (Å²) in [6, 6.07) is 3.30. The number of rotatable bonds is 4. The Kier molecular flexibility index (Phi) is 3.42. The molecule has 1 aliphatic carbocycles. The number of nitrogens with one attached hydrogen (secondary N) is 1. The van der Waals surface area contributed by atoms with E-state index in [1.54, 1.807) is 0 Å². The van der Waals surface area contributed by atoms with Gasteiger partial charge in [0.25, 0.3) is 0 Å². The van der Waals surface area contributed by atoms with Gasteiger partial charge in [-0.3, -0.25) is 4.90 Å². The van der Waals surface area contributed by atoms with Gasteiger partial charge in [0.2, 0.25) is 0 Å². The lowest BCUT2D eigenvalue weighted by molar-refractivity contribution is 0.208. The molecule has 3 atom stereocenters. The molecule has 3 rings (SSSR count). The molecule has 2 aliphatic heterocycles. The van der Waals surface area contributed by atoms with Gasteiger partial charge in [-0.25, -0.2) is 0 Å². The predicted molar refractivity (Wildman–Crippen MR) is 71.2 cm³/mol. The fourth-order valence-corrected chi connectivity index (χ4v) is 3.67. The van der Waals surface area contributed by atoms with Gasteiger partial charge in [0.15, 0.2) is 0 Å². The largest absolute Gasteiger partial charge is 0.313 e. The Morgan fingerprint density at radius 3 is 2.76 bits per heavy atom. The highest BCUT2D eigenvalue weighted by atomic mass is 15.3. The van der Waals surface area contributed by atoms with Gasteiger partial charge in [0.1, 0.15) is 0 Å². The summed E-state index contributed by atoms with van der Waals surface area (Å²) in [7, 11) is 2.33. The molecule has 3 aliphatic rings. The van der Waals surface area contributed by atoms with Gasteiger partial charge in [-0.05, 0) is 52.6 Å². The lowest BCUT2D eigenvalue weighted by Crippen LogP contribution is -2.42. The van der Waals surface area contributed by atoms with E-state index in [1.165, 1.54) is 51.7 Å². The molecule has 1 saturated carbocycles. The molecular formula is C14H27N3. The first-order valence-corrected chi connectivity index (χ1v) is 7.43. The molecule has 17 heavy (non-hydrogen) atoms. The number of likely N-dealkylation sites (N-methyl/N-ethyl adjacent to an activating group) is 1. The van der Waals surface area contributed by atoms with Crippen molar-refractivity contribution in [1.82, 2.24) is 15.1 Å². The highest BCUT2D eigenvalue weighted by molar-refractivity contribution is 4.96. The van der Waals surface area contributed by atoms with Crippen LogP contribution in [0.5, 0.6) is 0 Å². The van der Waals surface area contributed by atoms with Crippen molar-refractivity contribution in [2.24, 2.45) is 0 Å². The minimum absolute atomic E-state index is 0.755. The van der Waals surface area contributed by atoms with Crippen LogP contribution in [0.25, 0.3) is 0 Å². The van der Waals surface area contributed by atoms with Crippen molar-refractivity contribution in [2.75, 3.05) is 26.7 Å².